The van der Waals surface area contributed by atoms with E-state index in [4.69, 9.17) is 28.9 Å². The molecule has 0 spiro atoms. The smallest absolute Gasteiger partial charge is 0.338 e. The lowest BCUT2D eigenvalue weighted by Gasteiger charge is -2.29. The van der Waals surface area contributed by atoms with E-state index in [9.17, 15) is 18.0 Å². The van der Waals surface area contributed by atoms with Crippen LogP contribution >= 0.6 is 0 Å². The van der Waals surface area contributed by atoms with Crippen molar-refractivity contribution in [2.24, 2.45) is 9.98 Å². The summed E-state index contributed by atoms with van der Waals surface area (Å²) in [6, 6.07) is 56.3. The summed E-state index contributed by atoms with van der Waals surface area (Å²) in [5.74, 6) is -1.000. The Bertz CT molecular complexity index is 3000. The molecule has 0 fully saturated rings. The summed E-state index contributed by atoms with van der Waals surface area (Å²) in [5.41, 5.74) is 2.41. The van der Waals surface area contributed by atoms with Gasteiger partial charge in [-0.05, 0) is 75.0 Å². The fraction of sp³-hybridized carbons (Fsp3) is 0.170. The van der Waals surface area contributed by atoms with Crippen LogP contribution in [-0.2, 0) is 44.8 Å². The van der Waals surface area contributed by atoms with Crippen molar-refractivity contribution in [1.29, 1.82) is 0 Å². The summed E-state index contributed by atoms with van der Waals surface area (Å²) in [6.45, 7) is 0. The molecule has 7 aromatic carbocycles. The van der Waals surface area contributed by atoms with Crippen LogP contribution in [0.3, 0.4) is 0 Å². The van der Waals surface area contributed by atoms with Crippen LogP contribution in [0.15, 0.2) is 197 Å². The minimum absolute atomic E-state index is 0.156. The van der Waals surface area contributed by atoms with E-state index in [1.54, 1.807) is 18.2 Å². The van der Waals surface area contributed by atoms with Crippen LogP contribution < -0.4 is 0 Å². The summed E-state index contributed by atoms with van der Waals surface area (Å²) in [5, 5.41) is 1.95. The second-order valence-electron chi connectivity index (χ2n) is 15.8. The predicted octanol–water partition coefficient (Wildman–Crippen LogP) is 9.47. The van der Waals surface area contributed by atoms with Gasteiger partial charge in [0.25, 0.3) is 0 Å². The van der Waals surface area contributed by atoms with Crippen molar-refractivity contribution in [1.82, 2.24) is 0 Å². The van der Waals surface area contributed by atoms with E-state index in [2.05, 4.69) is 6.07 Å². The van der Waals surface area contributed by atoms with Gasteiger partial charge in [-0.15, -0.1) is 0 Å². The first-order valence-corrected chi connectivity index (χ1v) is 22.5. The number of hydrogen-bond donors (Lipinski definition) is 0. The van der Waals surface area contributed by atoms with Gasteiger partial charge in [0.15, 0.2) is 22.0 Å². The fourth-order valence-electron chi connectivity index (χ4n) is 8.71. The Labute approximate surface area is 371 Å². The lowest BCUT2D eigenvalue weighted by molar-refractivity contribution is -0.150. The topological polar surface area (TPSA) is 130 Å². The van der Waals surface area contributed by atoms with Crippen molar-refractivity contribution in [2.45, 2.75) is 41.0 Å². The molecule has 0 bridgehead atoms. The quantitative estimate of drug-likeness (QED) is 0.105. The third-order valence-corrected chi connectivity index (χ3v) is 13.7. The van der Waals surface area contributed by atoms with E-state index in [1.165, 1.54) is 26.4 Å². The van der Waals surface area contributed by atoms with E-state index < -0.39 is 45.1 Å². The van der Waals surface area contributed by atoms with Crippen LogP contribution in [0.25, 0.3) is 21.9 Å². The Hall–Kier alpha value is -7.37. The summed E-state index contributed by atoms with van der Waals surface area (Å²) in [6.07, 6.45) is -1.67. The van der Waals surface area contributed by atoms with E-state index in [-0.39, 0.29) is 29.4 Å². The number of nitrogens with zero attached hydrogens (tertiary/aromatic N) is 2. The van der Waals surface area contributed by atoms with Crippen LogP contribution in [0.1, 0.15) is 46.4 Å². The Morgan fingerprint density at radius 2 is 1.06 bits per heavy atom. The van der Waals surface area contributed by atoms with Gasteiger partial charge in [0.05, 0.1) is 24.9 Å². The van der Waals surface area contributed by atoms with Gasteiger partial charge in [-0.1, -0.05) is 146 Å². The molecule has 7 aromatic rings. The first kappa shape index (κ1) is 42.0. The van der Waals surface area contributed by atoms with E-state index in [0.29, 0.717) is 17.0 Å². The lowest BCUT2D eigenvalue weighted by atomic mass is 9.82. The van der Waals surface area contributed by atoms with E-state index in [1.807, 2.05) is 146 Å². The molecule has 0 saturated heterocycles. The second kappa shape index (κ2) is 17.4. The Morgan fingerprint density at radius 3 is 1.66 bits per heavy atom. The Kier molecular flexibility index (Phi) is 11.4. The zero-order valence-corrected chi connectivity index (χ0v) is 36.0. The first-order chi connectivity index (χ1) is 31.1. The summed E-state index contributed by atoms with van der Waals surface area (Å²) in [4.78, 5) is 38.0. The van der Waals surface area contributed by atoms with Gasteiger partial charge < -0.3 is 18.9 Å². The molecule has 2 aliphatic rings. The summed E-state index contributed by atoms with van der Waals surface area (Å²) < 4.78 is 51.0. The number of hydrogen-bond acceptors (Lipinski definition) is 10. The number of benzene rings is 7. The van der Waals surface area contributed by atoms with Crippen molar-refractivity contribution < 1.29 is 37.0 Å². The molecule has 0 saturated carbocycles. The molecule has 320 valence electrons. The van der Waals surface area contributed by atoms with Gasteiger partial charge in [-0.3, -0.25) is 0 Å². The largest absolute Gasteiger partial charge is 0.467 e. The highest BCUT2D eigenvalue weighted by atomic mass is 32.2. The van der Waals surface area contributed by atoms with Gasteiger partial charge in [0.2, 0.25) is 22.9 Å². The number of carbonyl (C=O) groups is 2. The SMILES string of the molecule is COC(=O)[C@@]1(CCS(=O)(=O)c2ccccc2)N=C(c2ccc(-c3cccc4ccc(C[C@]5(C(=O)OC)N=C(c6ccccc6)O[C@H]5c5ccccc5)cc34)cc2)O[C@H]1c1ccccc1. The normalized spacial score (nSPS) is 20.4. The highest BCUT2D eigenvalue weighted by molar-refractivity contribution is 7.91. The van der Waals surface area contributed by atoms with Crippen LogP contribution in [0, 0.1) is 0 Å². The maximum atomic E-state index is 14.0. The van der Waals surface area contributed by atoms with E-state index in [0.717, 1.165) is 38.6 Å². The molecule has 0 unspecified atom stereocenters. The molecular weight excluding hydrogens is 825 g/mol. The van der Waals surface area contributed by atoms with Gasteiger partial charge >= 0.3 is 11.9 Å². The third kappa shape index (κ3) is 7.83. The van der Waals surface area contributed by atoms with Crippen molar-refractivity contribution in [3.8, 4) is 11.1 Å². The average molecular weight is 869 g/mol. The molecule has 4 atom stereocenters. The molecule has 0 N–H and O–H groups in total. The highest BCUT2D eigenvalue weighted by Gasteiger charge is 2.56. The maximum absolute atomic E-state index is 14.0. The van der Waals surface area contributed by atoms with Crippen molar-refractivity contribution in [3.63, 3.8) is 0 Å². The molecule has 2 aliphatic heterocycles. The summed E-state index contributed by atoms with van der Waals surface area (Å²) >= 11 is 0. The third-order valence-electron chi connectivity index (χ3n) is 11.9. The second-order valence-corrected chi connectivity index (χ2v) is 18.0. The standard InChI is InChI=1S/C53H44N2O8S/c1-60-50(56)52(32-33-64(58,59)43-23-13-6-14-24-43)46(39-16-7-3-8-17-39)62-49(54-52)42-30-28-38(29-31-42)44-25-15-22-37-27-26-36(34-45(37)44)35-53(51(57)61-2)47(40-18-9-4-10-19-40)63-48(55-53)41-20-11-5-12-21-41/h3-31,34,46-47H,32-33,35H2,1-2H3/t46-,47-,52-,53-/m0/s1. The number of sulfone groups is 1. The molecule has 0 radical (unpaired) electrons. The highest BCUT2D eigenvalue weighted by Crippen LogP contribution is 2.45. The maximum Gasteiger partial charge on any atom is 0.338 e. The zero-order valence-electron chi connectivity index (χ0n) is 35.2. The molecule has 64 heavy (non-hydrogen) atoms. The number of fused-ring (bicyclic) bond motifs is 1. The molecule has 9 rings (SSSR count). The van der Waals surface area contributed by atoms with Gasteiger partial charge in [-0.2, -0.15) is 0 Å². The van der Waals surface area contributed by atoms with Crippen LogP contribution in [-0.4, -0.2) is 63.2 Å². The van der Waals surface area contributed by atoms with Crippen molar-refractivity contribution in [3.05, 3.63) is 210 Å². The monoisotopic (exact) mass is 868 g/mol. The summed E-state index contributed by atoms with van der Waals surface area (Å²) in [7, 11) is -1.14. The van der Waals surface area contributed by atoms with E-state index >= 15 is 0 Å². The number of carbonyl (C=O) groups excluding carboxylic acids is 2. The first-order valence-electron chi connectivity index (χ1n) is 20.9. The molecule has 0 amide bonds. The molecular formula is C53H44N2O8S. The lowest BCUT2D eigenvalue weighted by Crippen LogP contribution is -2.44. The van der Waals surface area contributed by atoms with Crippen molar-refractivity contribution in [2.75, 3.05) is 20.0 Å². The van der Waals surface area contributed by atoms with Crippen LogP contribution in [0.5, 0.6) is 0 Å². The molecule has 0 aliphatic carbocycles. The van der Waals surface area contributed by atoms with Crippen LogP contribution in [0.2, 0.25) is 0 Å². The number of methoxy groups -OCH3 is 2. The molecule has 2 heterocycles. The number of aliphatic imine (C=N–C) groups is 2. The number of esters is 2. The molecule has 10 nitrogen and oxygen atoms in total. The van der Waals surface area contributed by atoms with Crippen molar-refractivity contribution >= 4 is 44.3 Å². The number of ether oxygens (including phenoxy) is 4. The average Bonchev–Trinajstić information content (AvgIpc) is 3.95. The fourth-order valence-corrected chi connectivity index (χ4v) is 10.1. The number of rotatable bonds is 13. The van der Waals surface area contributed by atoms with Gasteiger partial charge in [-0.25, -0.2) is 28.0 Å². The van der Waals surface area contributed by atoms with Crippen LogP contribution in [0.4, 0.5) is 0 Å². The van der Waals surface area contributed by atoms with Gasteiger partial charge in [0, 0.05) is 24.0 Å². The zero-order chi connectivity index (χ0) is 44.3. The molecule has 11 heteroatoms. The molecule has 0 aromatic heterocycles. The minimum Gasteiger partial charge on any atom is -0.467 e. The Morgan fingerprint density at radius 1 is 0.562 bits per heavy atom. The van der Waals surface area contributed by atoms with Gasteiger partial charge in [0.1, 0.15) is 0 Å². The minimum atomic E-state index is -3.79. The Balaban J connectivity index is 1.07. The predicted molar refractivity (Wildman–Crippen MR) is 246 cm³/mol.